The molecule has 0 atom stereocenters. The SMILES string of the molecule is COCCNCCSc1nc2ccc(OC)cc2[nH]1. The van der Waals surface area contributed by atoms with Crippen LogP contribution in [-0.4, -0.2) is 49.6 Å². The van der Waals surface area contributed by atoms with Crippen LogP contribution in [0.4, 0.5) is 0 Å². The van der Waals surface area contributed by atoms with E-state index in [1.807, 2.05) is 18.2 Å². The summed E-state index contributed by atoms with van der Waals surface area (Å²) in [7, 11) is 3.37. The number of hydrogen-bond acceptors (Lipinski definition) is 5. The first-order chi connectivity index (χ1) is 9.33. The predicted molar refractivity (Wildman–Crippen MR) is 78.1 cm³/mol. The summed E-state index contributed by atoms with van der Waals surface area (Å²) in [6.45, 7) is 2.57. The Morgan fingerprint density at radius 3 is 3.00 bits per heavy atom. The Morgan fingerprint density at radius 1 is 1.32 bits per heavy atom. The van der Waals surface area contributed by atoms with Crippen molar-refractivity contribution in [2.24, 2.45) is 0 Å². The molecule has 2 aromatic rings. The first-order valence-electron chi connectivity index (χ1n) is 6.19. The van der Waals surface area contributed by atoms with Gasteiger partial charge in [0.2, 0.25) is 0 Å². The molecule has 1 aromatic heterocycles. The van der Waals surface area contributed by atoms with Crippen molar-refractivity contribution in [1.29, 1.82) is 0 Å². The number of rotatable bonds is 8. The van der Waals surface area contributed by atoms with Crippen LogP contribution in [0.1, 0.15) is 0 Å². The van der Waals surface area contributed by atoms with Crippen LogP contribution in [0, 0.1) is 0 Å². The smallest absolute Gasteiger partial charge is 0.166 e. The summed E-state index contributed by atoms with van der Waals surface area (Å²) in [5.74, 6) is 1.81. The molecule has 1 heterocycles. The van der Waals surface area contributed by atoms with Gasteiger partial charge in [0.1, 0.15) is 5.75 Å². The van der Waals surface area contributed by atoms with Crippen LogP contribution < -0.4 is 10.1 Å². The van der Waals surface area contributed by atoms with Crippen LogP contribution in [-0.2, 0) is 4.74 Å². The number of H-pyrrole nitrogens is 1. The second kappa shape index (κ2) is 7.37. The van der Waals surface area contributed by atoms with Crippen LogP contribution in [0.5, 0.6) is 5.75 Å². The van der Waals surface area contributed by atoms with Crippen molar-refractivity contribution >= 4 is 22.8 Å². The summed E-state index contributed by atoms with van der Waals surface area (Å²) in [6, 6.07) is 5.85. The molecular formula is C13H19N3O2S. The maximum Gasteiger partial charge on any atom is 0.166 e. The first kappa shape index (κ1) is 14.2. The summed E-state index contributed by atoms with van der Waals surface area (Å²) < 4.78 is 10.2. The predicted octanol–water partition coefficient (Wildman–Crippen LogP) is 1.90. The number of imidazole rings is 1. The normalized spacial score (nSPS) is 11.1. The Hall–Kier alpha value is -1.24. The van der Waals surface area contributed by atoms with Crippen molar-refractivity contribution in [3.8, 4) is 5.75 Å². The lowest BCUT2D eigenvalue weighted by Crippen LogP contribution is -2.21. The molecule has 0 radical (unpaired) electrons. The number of methoxy groups -OCH3 is 2. The third kappa shape index (κ3) is 4.12. The van der Waals surface area contributed by atoms with Crippen molar-refractivity contribution in [3.05, 3.63) is 18.2 Å². The van der Waals surface area contributed by atoms with Gasteiger partial charge in [-0.3, -0.25) is 0 Å². The third-order valence-corrected chi connectivity index (χ3v) is 3.54. The molecule has 0 aliphatic rings. The number of aromatic nitrogens is 2. The van der Waals surface area contributed by atoms with Gasteiger partial charge < -0.3 is 19.8 Å². The molecule has 0 bridgehead atoms. The average molecular weight is 281 g/mol. The molecule has 1 aromatic carbocycles. The molecule has 0 saturated carbocycles. The van der Waals surface area contributed by atoms with Crippen molar-refractivity contribution in [2.45, 2.75) is 5.16 Å². The molecule has 6 heteroatoms. The van der Waals surface area contributed by atoms with Gasteiger partial charge in [-0.15, -0.1) is 0 Å². The quantitative estimate of drug-likeness (QED) is 0.572. The molecule has 0 fully saturated rings. The van der Waals surface area contributed by atoms with Gasteiger partial charge in [-0.1, -0.05) is 11.8 Å². The van der Waals surface area contributed by atoms with Gasteiger partial charge in [0.05, 0.1) is 24.8 Å². The van der Waals surface area contributed by atoms with E-state index < -0.39 is 0 Å². The zero-order valence-corrected chi connectivity index (χ0v) is 12.0. The molecule has 2 N–H and O–H groups in total. The number of nitrogens with zero attached hydrogens (tertiary/aromatic N) is 1. The molecular weight excluding hydrogens is 262 g/mol. The van der Waals surface area contributed by atoms with Crippen molar-refractivity contribution in [1.82, 2.24) is 15.3 Å². The molecule has 0 aliphatic carbocycles. The fraction of sp³-hybridized carbons (Fsp3) is 0.462. The summed E-state index contributed by atoms with van der Waals surface area (Å²) in [6.07, 6.45) is 0. The summed E-state index contributed by atoms with van der Waals surface area (Å²) in [5.41, 5.74) is 1.98. The minimum atomic E-state index is 0.745. The summed E-state index contributed by atoms with van der Waals surface area (Å²) in [5, 5.41) is 4.24. The molecule has 5 nitrogen and oxygen atoms in total. The van der Waals surface area contributed by atoms with E-state index in [0.717, 1.165) is 47.4 Å². The lowest BCUT2D eigenvalue weighted by Gasteiger charge is -2.01. The standard InChI is InChI=1S/C13H19N3O2S/c1-17-7-5-14-6-8-19-13-15-11-4-3-10(18-2)9-12(11)16-13/h3-4,9,14H,5-8H2,1-2H3,(H,15,16). The van der Waals surface area contributed by atoms with Crippen LogP contribution in [0.25, 0.3) is 11.0 Å². The first-order valence-corrected chi connectivity index (χ1v) is 7.18. The van der Waals surface area contributed by atoms with E-state index in [-0.39, 0.29) is 0 Å². The number of aromatic amines is 1. The van der Waals surface area contributed by atoms with Crippen LogP contribution in [0.15, 0.2) is 23.4 Å². The topological polar surface area (TPSA) is 59.2 Å². The fourth-order valence-electron chi connectivity index (χ4n) is 1.68. The Kier molecular flexibility index (Phi) is 5.50. The Labute approximate surface area is 117 Å². The Balaban J connectivity index is 1.84. The van der Waals surface area contributed by atoms with Gasteiger partial charge in [-0.2, -0.15) is 0 Å². The number of fused-ring (bicyclic) bond motifs is 1. The lowest BCUT2D eigenvalue weighted by molar-refractivity contribution is 0.200. The van der Waals surface area contributed by atoms with Gasteiger partial charge in [0.15, 0.2) is 5.16 Å². The van der Waals surface area contributed by atoms with E-state index in [9.17, 15) is 0 Å². The van der Waals surface area contributed by atoms with Crippen LogP contribution >= 0.6 is 11.8 Å². The van der Waals surface area contributed by atoms with Crippen molar-refractivity contribution in [3.63, 3.8) is 0 Å². The molecule has 0 unspecified atom stereocenters. The van der Waals surface area contributed by atoms with Gasteiger partial charge in [0, 0.05) is 32.0 Å². The number of benzene rings is 1. The van der Waals surface area contributed by atoms with E-state index in [1.54, 1.807) is 26.0 Å². The van der Waals surface area contributed by atoms with Gasteiger partial charge in [-0.05, 0) is 12.1 Å². The maximum absolute atomic E-state index is 5.19. The molecule has 19 heavy (non-hydrogen) atoms. The molecule has 0 aliphatic heterocycles. The highest BCUT2D eigenvalue weighted by atomic mass is 32.2. The summed E-state index contributed by atoms with van der Waals surface area (Å²) in [4.78, 5) is 7.81. The van der Waals surface area contributed by atoms with E-state index in [1.165, 1.54) is 0 Å². The van der Waals surface area contributed by atoms with Crippen molar-refractivity contribution < 1.29 is 9.47 Å². The number of thioether (sulfide) groups is 1. The monoisotopic (exact) mass is 281 g/mol. The Morgan fingerprint density at radius 2 is 2.21 bits per heavy atom. The Bertz CT molecular complexity index is 516. The van der Waals surface area contributed by atoms with Crippen LogP contribution in [0.3, 0.4) is 0 Å². The van der Waals surface area contributed by atoms with E-state index in [0.29, 0.717) is 0 Å². The highest BCUT2D eigenvalue weighted by Crippen LogP contribution is 2.22. The van der Waals surface area contributed by atoms with Crippen LogP contribution in [0.2, 0.25) is 0 Å². The van der Waals surface area contributed by atoms with Gasteiger partial charge in [0.25, 0.3) is 0 Å². The molecule has 0 amide bonds. The van der Waals surface area contributed by atoms with Crippen molar-refractivity contribution in [2.75, 3.05) is 39.7 Å². The minimum absolute atomic E-state index is 0.745. The highest BCUT2D eigenvalue weighted by molar-refractivity contribution is 7.99. The molecule has 0 spiro atoms. The molecule has 0 saturated heterocycles. The largest absolute Gasteiger partial charge is 0.497 e. The number of hydrogen-bond donors (Lipinski definition) is 2. The highest BCUT2D eigenvalue weighted by Gasteiger charge is 2.04. The van der Waals surface area contributed by atoms with E-state index in [4.69, 9.17) is 9.47 Å². The molecule has 104 valence electrons. The average Bonchev–Trinajstić information content (AvgIpc) is 2.84. The van der Waals surface area contributed by atoms with E-state index >= 15 is 0 Å². The summed E-state index contributed by atoms with van der Waals surface area (Å²) >= 11 is 1.71. The van der Waals surface area contributed by atoms with Gasteiger partial charge >= 0.3 is 0 Å². The second-order valence-electron chi connectivity index (χ2n) is 4.02. The molecule has 2 rings (SSSR count). The third-order valence-electron chi connectivity index (χ3n) is 2.67. The fourth-order valence-corrected chi connectivity index (χ4v) is 2.46. The van der Waals surface area contributed by atoms with E-state index in [2.05, 4.69) is 15.3 Å². The number of nitrogens with one attached hydrogen (secondary N) is 2. The maximum atomic E-state index is 5.19. The van der Waals surface area contributed by atoms with Gasteiger partial charge in [-0.25, -0.2) is 4.98 Å². The minimum Gasteiger partial charge on any atom is -0.497 e. The number of ether oxygens (including phenoxy) is 2. The second-order valence-corrected chi connectivity index (χ2v) is 5.10. The zero-order valence-electron chi connectivity index (χ0n) is 11.2. The zero-order chi connectivity index (χ0) is 13.5. The lowest BCUT2D eigenvalue weighted by atomic mass is 10.3.